The third-order valence-corrected chi connectivity index (χ3v) is 8.04. The molecule has 214 valence electrons. The van der Waals surface area contributed by atoms with Crippen LogP contribution in [0.4, 0.5) is 5.82 Å². The fourth-order valence-corrected chi connectivity index (χ4v) is 5.89. The van der Waals surface area contributed by atoms with Gasteiger partial charge in [0, 0.05) is 11.3 Å². The van der Waals surface area contributed by atoms with Crippen LogP contribution in [0.15, 0.2) is 58.0 Å². The van der Waals surface area contributed by atoms with Gasteiger partial charge in [0.2, 0.25) is 5.89 Å². The second-order valence-corrected chi connectivity index (χ2v) is 11.3. The van der Waals surface area contributed by atoms with E-state index >= 15 is 0 Å². The number of oxazole rings is 1. The lowest BCUT2D eigenvalue weighted by molar-refractivity contribution is -0.138. The van der Waals surface area contributed by atoms with Gasteiger partial charge in [-0.15, -0.1) is 0 Å². The number of para-hydroxylation sites is 1. The molecule has 0 bridgehead atoms. The van der Waals surface area contributed by atoms with Gasteiger partial charge >= 0.3 is 0 Å². The number of ether oxygens (including phenoxy) is 3. The monoisotopic (exact) mass is 581 g/mol. The molecule has 10 heteroatoms. The van der Waals surface area contributed by atoms with Crippen LogP contribution < -0.4 is 10.5 Å². The molecule has 0 saturated carbocycles. The van der Waals surface area contributed by atoms with E-state index in [9.17, 15) is 10.5 Å². The van der Waals surface area contributed by atoms with Crippen molar-refractivity contribution in [1.82, 2.24) is 9.97 Å². The summed E-state index contributed by atoms with van der Waals surface area (Å²) in [6.07, 6.45) is 1.70. The molecule has 1 aliphatic heterocycles. The number of thioether (sulfide) groups is 1. The average Bonchev–Trinajstić information content (AvgIpc) is 3.55. The molecule has 3 heterocycles. The highest BCUT2D eigenvalue weighted by molar-refractivity contribution is 7.98. The smallest absolute Gasteiger partial charge is 0.230 e. The fraction of sp³-hybridized carbons (Fsp3) is 0.312. The Bertz CT molecular complexity index is 1680. The molecule has 1 atom stereocenters. The van der Waals surface area contributed by atoms with Gasteiger partial charge in [0.15, 0.2) is 5.79 Å². The van der Waals surface area contributed by atoms with E-state index in [1.807, 2.05) is 69.3 Å². The largest absolute Gasteiger partial charge is 0.496 e. The molecule has 9 nitrogen and oxygen atoms in total. The SMILES string of the molecule is COc1ccccc1-c1nc(CSc2nc(N)c(C#N)c(-c3ccc(CC[C@@H]4COC(C)(C)O4)cc3)c2C#N)c(C)o1. The van der Waals surface area contributed by atoms with E-state index in [0.717, 1.165) is 29.5 Å². The number of nitriles is 2. The van der Waals surface area contributed by atoms with Crippen LogP contribution in [0, 0.1) is 29.6 Å². The van der Waals surface area contributed by atoms with Gasteiger partial charge in [-0.1, -0.05) is 48.2 Å². The summed E-state index contributed by atoms with van der Waals surface area (Å²) in [6, 6.07) is 19.7. The number of methoxy groups -OCH3 is 1. The number of aromatic nitrogens is 2. The normalized spacial score (nSPS) is 15.7. The minimum Gasteiger partial charge on any atom is -0.496 e. The molecule has 5 rings (SSSR count). The number of benzene rings is 2. The van der Waals surface area contributed by atoms with Crippen LogP contribution in [0.25, 0.3) is 22.6 Å². The molecule has 0 spiro atoms. The Kier molecular flexibility index (Phi) is 8.51. The first-order valence-corrected chi connectivity index (χ1v) is 14.5. The second kappa shape index (κ2) is 12.3. The van der Waals surface area contributed by atoms with E-state index in [1.165, 1.54) is 11.8 Å². The Balaban J connectivity index is 1.38. The van der Waals surface area contributed by atoms with Crippen LogP contribution in [0.2, 0.25) is 0 Å². The van der Waals surface area contributed by atoms with Gasteiger partial charge in [0.1, 0.15) is 40.1 Å². The Morgan fingerprint density at radius 3 is 2.48 bits per heavy atom. The predicted molar refractivity (Wildman–Crippen MR) is 160 cm³/mol. The molecular weight excluding hydrogens is 550 g/mol. The van der Waals surface area contributed by atoms with Gasteiger partial charge < -0.3 is 24.4 Å². The molecule has 1 aliphatic rings. The lowest BCUT2D eigenvalue weighted by Crippen LogP contribution is -2.21. The van der Waals surface area contributed by atoms with Gasteiger partial charge in [-0.25, -0.2) is 9.97 Å². The van der Waals surface area contributed by atoms with Crippen molar-refractivity contribution in [3.8, 4) is 40.5 Å². The summed E-state index contributed by atoms with van der Waals surface area (Å²) in [5, 5.41) is 20.6. The molecular formula is C32H31N5O4S. The van der Waals surface area contributed by atoms with E-state index in [0.29, 0.717) is 51.6 Å². The summed E-state index contributed by atoms with van der Waals surface area (Å²) in [5.41, 5.74) is 10.5. The molecule has 2 aromatic carbocycles. The zero-order valence-electron chi connectivity index (χ0n) is 23.9. The summed E-state index contributed by atoms with van der Waals surface area (Å²) in [7, 11) is 1.60. The van der Waals surface area contributed by atoms with Crippen molar-refractivity contribution in [1.29, 1.82) is 10.5 Å². The first-order chi connectivity index (χ1) is 20.2. The maximum Gasteiger partial charge on any atom is 0.230 e. The van der Waals surface area contributed by atoms with E-state index in [1.54, 1.807) is 7.11 Å². The number of nitrogen functional groups attached to an aromatic ring is 1. The minimum atomic E-state index is -0.545. The molecule has 0 aliphatic carbocycles. The first kappa shape index (κ1) is 29.2. The molecule has 42 heavy (non-hydrogen) atoms. The molecule has 1 fully saturated rings. The highest BCUT2D eigenvalue weighted by Crippen LogP contribution is 2.38. The lowest BCUT2D eigenvalue weighted by Gasteiger charge is -2.17. The van der Waals surface area contributed by atoms with Crippen molar-refractivity contribution in [2.75, 3.05) is 19.5 Å². The maximum absolute atomic E-state index is 10.2. The van der Waals surface area contributed by atoms with E-state index in [2.05, 4.69) is 22.1 Å². The summed E-state index contributed by atoms with van der Waals surface area (Å²) in [4.78, 5) is 9.11. The van der Waals surface area contributed by atoms with E-state index in [4.69, 9.17) is 24.4 Å². The van der Waals surface area contributed by atoms with Gasteiger partial charge in [0.05, 0.1) is 36.6 Å². The third-order valence-electron chi connectivity index (χ3n) is 7.06. The number of hydrogen-bond acceptors (Lipinski definition) is 10. The average molecular weight is 582 g/mol. The van der Waals surface area contributed by atoms with Crippen LogP contribution in [-0.4, -0.2) is 35.6 Å². The van der Waals surface area contributed by atoms with Crippen LogP contribution in [0.1, 0.15) is 48.4 Å². The zero-order chi connectivity index (χ0) is 29.9. The Morgan fingerprint density at radius 2 is 1.81 bits per heavy atom. The number of nitrogens with zero attached hydrogens (tertiary/aromatic N) is 4. The number of pyridine rings is 1. The van der Waals surface area contributed by atoms with Gasteiger partial charge in [-0.2, -0.15) is 10.5 Å². The zero-order valence-corrected chi connectivity index (χ0v) is 24.7. The molecule has 4 aromatic rings. The highest BCUT2D eigenvalue weighted by Gasteiger charge is 2.32. The van der Waals surface area contributed by atoms with Gasteiger partial charge in [0.25, 0.3) is 0 Å². The predicted octanol–water partition coefficient (Wildman–Crippen LogP) is 6.42. The third kappa shape index (κ3) is 6.12. The minimum absolute atomic E-state index is 0.0498. The topological polar surface area (TPSA) is 140 Å². The molecule has 0 radical (unpaired) electrons. The standard InChI is InChI=1S/C32H31N5O4S/c1-19-26(36-30(40-19)23-7-5-6-8-27(23)38-4)18-42-31-25(16-34)28(24(15-33)29(35)37-31)21-12-9-20(10-13-21)11-14-22-17-39-32(2,3)41-22/h5-10,12-13,22H,11,14,17-18H2,1-4H3,(H2,35,37)/t22-/m1/s1. The number of anilines is 1. The summed E-state index contributed by atoms with van der Waals surface area (Å²) < 4.78 is 23.0. The first-order valence-electron chi connectivity index (χ1n) is 13.5. The van der Waals surface area contributed by atoms with Gasteiger partial charge in [-0.05, 0) is 56.9 Å². The number of rotatable bonds is 9. The molecule has 0 unspecified atom stereocenters. The molecule has 2 N–H and O–H groups in total. The Hall–Kier alpha value is -4.35. The number of nitrogens with two attached hydrogens (primary N) is 1. The van der Waals surface area contributed by atoms with Crippen LogP contribution in [-0.2, 0) is 21.6 Å². The van der Waals surface area contributed by atoms with Crippen molar-refractivity contribution in [2.45, 2.75) is 56.3 Å². The van der Waals surface area contributed by atoms with Crippen LogP contribution >= 0.6 is 11.8 Å². The van der Waals surface area contributed by atoms with Crippen LogP contribution in [0.3, 0.4) is 0 Å². The van der Waals surface area contributed by atoms with Crippen molar-refractivity contribution in [3.63, 3.8) is 0 Å². The second-order valence-electron chi connectivity index (χ2n) is 10.3. The maximum atomic E-state index is 10.2. The lowest BCUT2D eigenvalue weighted by atomic mass is 9.95. The molecule has 1 saturated heterocycles. The van der Waals surface area contributed by atoms with Crippen molar-refractivity contribution in [2.24, 2.45) is 0 Å². The molecule has 0 amide bonds. The van der Waals surface area contributed by atoms with Crippen molar-refractivity contribution < 1.29 is 18.6 Å². The van der Waals surface area contributed by atoms with E-state index in [-0.39, 0.29) is 17.5 Å². The Labute approximate surface area is 249 Å². The summed E-state index contributed by atoms with van der Waals surface area (Å²) >= 11 is 1.32. The van der Waals surface area contributed by atoms with E-state index < -0.39 is 5.79 Å². The summed E-state index contributed by atoms with van der Waals surface area (Å²) in [6.45, 7) is 6.25. The summed E-state index contributed by atoms with van der Waals surface area (Å²) in [5.74, 6) is 1.68. The number of aryl methyl sites for hydroxylation is 2. The van der Waals surface area contributed by atoms with Crippen molar-refractivity contribution in [3.05, 3.63) is 76.7 Å². The van der Waals surface area contributed by atoms with Crippen LogP contribution in [0.5, 0.6) is 5.75 Å². The molecule has 2 aromatic heterocycles. The van der Waals surface area contributed by atoms with Gasteiger partial charge in [-0.3, -0.25) is 0 Å². The highest BCUT2D eigenvalue weighted by atomic mass is 32.2. The van der Waals surface area contributed by atoms with Crippen molar-refractivity contribution >= 4 is 17.6 Å². The number of hydrogen-bond donors (Lipinski definition) is 1. The fourth-order valence-electron chi connectivity index (χ4n) is 4.90. The Morgan fingerprint density at radius 1 is 1.07 bits per heavy atom. The quantitative estimate of drug-likeness (QED) is 0.220.